The molecule has 4 heterocycles. The lowest BCUT2D eigenvalue weighted by Gasteiger charge is -2.43. The minimum atomic E-state index is -0.219. The molecule has 1 saturated heterocycles. The first-order valence-electron chi connectivity index (χ1n) is 16.7. The zero-order valence-corrected chi connectivity index (χ0v) is 26.7. The average Bonchev–Trinajstić information content (AvgIpc) is 3.87. The highest BCUT2D eigenvalue weighted by atomic mass is 16.5. The molecule has 0 spiro atoms. The van der Waals surface area contributed by atoms with Crippen LogP contribution >= 0.6 is 0 Å². The molecule has 4 aliphatic rings. The number of anilines is 4. The Kier molecular flexibility index (Phi) is 8.59. The Balaban J connectivity index is 1.05. The summed E-state index contributed by atoms with van der Waals surface area (Å²) in [7, 11) is 3.45. The van der Waals surface area contributed by atoms with Crippen molar-refractivity contribution >= 4 is 29.0 Å². The second kappa shape index (κ2) is 12.9. The Morgan fingerprint density at radius 3 is 2.44 bits per heavy atom. The number of ether oxygens (including phenoxy) is 1. The zero-order valence-electron chi connectivity index (χ0n) is 26.7. The number of carbonyl (C=O) groups excluding carboxylic acids is 1. The summed E-state index contributed by atoms with van der Waals surface area (Å²) in [6, 6.07) is 6.64. The monoisotopic (exact) mass is 615 g/mol. The molecule has 3 fully saturated rings. The lowest BCUT2D eigenvalue weighted by atomic mass is 10.0. The van der Waals surface area contributed by atoms with Gasteiger partial charge in [0.05, 0.1) is 25.5 Å². The van der Waals surface area contributed by atoms with E-state index in [-0.39, 0.29) is 11.9 Å². The number of aromatic nitrogens is 4. The quantitative estimate of drug-likeness (QED) is 0.356. The molecular weight excluding hydrogens is 570 g/mol. The highest BCUT2D eigenvalue weighted by molar-refractivity contribution is 6.04. The first-order valence-corrected chi connectivity index (χ1v) is 16.7. The maximum absolute atomic E-state index is 13.2. The minimum Gasteiger partial charge on any atom is -0.495 e. The van der Waals surface area contributed by atoms with E-state index in [2.05, 4.69) is 37.1 Å². The molecule has 7 rings (SSSR count). The summed E-state index contributed by atoms with van der Waals surface area (Å²) in [4.78, 5) is 36.5. The number of hydrogen-bond acceptors (Lipinski definition) is 11. The summed E-state index contributed by atoms with van der Waals surface area (Å²) in [5, 5.41) is 7.63. The molecule has 12 nitrogen and oxygen atoms in total. The van der Waals surface area contributed by atoms with E-state index >= 15 is 0 Å². The van der Waals surface area contributed by atoms with Gasteiger partial charge in [0.25, 0.3) is 0 Å². The molecule has 0 radical (unpaired) electrons. The number of benzene rings is 1. The molecule has 12 heteroatoms. The van der Waals surface area contributed by atoms with Crippen LogP contribution in [0.4, 0.5) is 23.1 Å². The van der Waals surface area contributed by atoms with Gasteiger partial charge in [0.1, 0.15) is 17.5 Å². The van der Waals surface area contributed by atoms with Gasteiger partial charge in [0.15, 0.2) is 5.82 Å². The largest absolute Gasteiger partial charge is 0.495 e. The second-order valence-electron chi connectivity index (χ2n) is 12.9. The molecule has 2 saturated carbocycles. The first kappa shape index (κ1) is 29.9. The number of nitrogens with zero attached hydrogens (tertiary/aromatic N) is 8. The molecule has 2 aliphatic heterocycles. The smallest absolute Gasteiger partial charge is 0.249 e. The molecule has 2 aromatic heterocycles. The number of methoxy groups -OCH3 is 1. The van der Waals surface area contributed by atoms with E-state index in [0.717, 1.165) is 74.2 Å². The van der Waals surface area contributed by atoms with Crippen molar-refractivity contribution in [3.63, 3.8) is 0 Å². The molecule has 1 aromatic carbocycles. The lowest BCUT2D eigenvalue weighted by molar-refractivity contribution is -0.120. The summed E-state index contributed by atoms with van der Waals surface area (Å²) < 4.78 is 11.4. The summed E-state index contributed by atoms with van der Waals surface area (Å²) in [6.45, 7) is 7.00. The first-order chi connectivity index (χ1) is 22.0. The van der Waals surface area contributed by atoms with Crippen LogP contribution in [-0.2, 0) is 11.3 Å². The normalized spacial score (nSPS) is 21.9. The molecule has 2 aliphatic carbocycles. The third kappa shape index (κ3) is 5.97. The molecular formula is C33H45N9O3. The highest BCUT2D eigenvalue weighted by Crippen LogP contribution is 2.40. The van der Waals surface area contributed by atoms with Crippen molar-refractivity contribution in [1.82, 2.24) is 29.9 Å². The van der Waals surface area contributed by atoms with Crippen LogP contribution in [-0.4, -0.2) is 94.3 Å². The van der Waals surface area contributed by atoms with E-state index < -0.39 is 0 Å². The van der Waals surface area contributed by atoms with Crippen LogP contribution in [0, 0.1) is 0 Å². The van der Waals surface area contributed by atoms with Crippen molar-refractivity contribution in [3.8, 4) is 17.1 Å². The summed E-state index contributed by atoms with van der Waals surface area (Å²) in [6.07, 6.45) is 12.4. The second-order valence-corrected chi connectivity index (χ2v) is 12.9. The molecule has 0 unspecified atom stereocenters. The third-order valence-electron chi connectivity index (χ3n) is 10.2. The number of amides is 1. The van der Waals surface area contributed by atoms with Crippen molar-refractivity contribution in [2.45, 2.75) is 89.4 Å². The predicted molar refractivity (Wildman–Crippen MR) is 173 cm³/mol. The van der Waals surface area contributed by atoms with E-state index in [4.69, 9.17) is 19.2 Å². The Hall–Kier alpha value is -3.77. The van der Waals surface area contributed by atoms with Gasteiger partial charge in [-0.1, -0.05) is 37.8 Å². The van der Waals surface area contributed by atoms with Crippen LogP contribution in [0.3, 0.4) is 0 Å². The number of nitrogens with one attached hydrogen (secondary N) is 1. The Labute approximate surface area is 265 Å². The maximum Gasteiger partial charge on any atom is 0.249 e. The van der Waals surface area contributed by atoms with Crippen LogP contribution in [0.25, 0.3) is 11.4 Å². The van der Waals surface area contributed by atoms with Gasteiger partial charge in [-0.2, -0.15) is 9.97 Å². The van der Waals surface area contributed by atoms with Gasteiger partial charge in [-0.25, -0.2) is 4.98 Å². The molecule has 1 atom stereocenters. The van der Waals surface area contributed by atoms with E-state index in [1.807, 2.05) is 25.2 Å². The number of piperazine rings is 1. The predicted octanol–water partition coefficient (Wildman–Crippen LogP) is 4.84. The summed E-state index contributed by atoms with van der Waals surface area (Å²) in [5.74, 6) is 3.15. The Morgan fingerprint density at radius 2 is 1.73 bits per heavy atom. The van der Waals surface area contributed by atoms with Crippen molar-refractivity contribution in [3.05, 3.63) is 30.3 Å². The average molecular weight is 616 g/mol. The Morgan fingerprint density at radius 1 is 1.00 bits per heavy atom. The fourth-order valence-electron chi connectivity index (χ4n) is 7.68. The van der Waals surface area contributed by atoms with Gasteiger partial charge in [0, 0.05) is 50.9 Å². The topological polar surface area (TPSA) is 116 Å². The van der Waals surface area contributed by atoms with Crippen LogP contribution < -0.4 is 19.9 Å². The fourth-order valence-corrected chi connectivity index (χ4v) is 7.68. The Bertz CT molecular complexity index is 1490. The number of hydrogen-bond donors (Lipinski definition) is 1. The van der Waals surface area contributed by atoms with E-state index in [9.17, 15) is 4.79 Å². The maximum atomic E-state index is 13.2. The zero-order chi connectivity index (χ0) is 30.9. The SMILES string of the molecule is CC[C@@H]1C(=O)N(C)c2cnc(Nc3ccc(-c4noc(CN5CCN(C6CCCC6)CC5)n4)cc3OC)nc2N1C1CCCC1. The van der Waals surface area contributed by atoms with Gasteiger partial charge < -0.3 is 24.4 Å². The van der Waals surface area contributed by atoms with Gasteiger partial charge in [-0.05, 0) is 50.3 Å². The number of carbonyl (C=O) groups is 1. The van der Waals surface area contributed by atoms with Gasteiger partial charge in [0.2, 0.25) is 23.6 Å². The van der Waals surface area contributed by atoms with Crippen molar-refractivity contribution in [1.29, 1.82) is 0 Å². The van der Waals surface area contributed by atoms with E-state index in [1.54, 1.807) is 18.2 Å². The number of fused-ring (bicyclic) bond motifs is 1. The minimum absolute atomic E-state index is 0.102. The lowest BCUT2D eigenvalue weighted by Crippen LogP contribution is -2.55. The van der Waals surface area contributed by atoms with Crippen LogP contribution in [0.2, 0.25) is 0 Å². The molecule has 1 N–H and O–H groups in total. The van der Waals surface area contributed by atoms with Gasteiger partial charge in [-0.3, -0.25) is 14.6 Å². The van der Waals surface area contributed by atoms with Crippen molar-refractivity contribution in [2.75, 3.05) is 55.5 Å². The van der Waals surface area contributed by atoms with Gasteiger partial charge in [-0.15, -0.1) is 0 Å². The van der Waals surface area contributed by atoms with Crippen molar-refractivity contribution in [2.24, 2.45) is 0 Å². The molecule has 45 heavy (non-hydrogen) atoms. The standard InChI is InChI=1S/C33H45N9O3/c1-4-26-32(43)39(2)27-20-34-33(37-31(27)42(26)24-11-7-8-12-24)35-25-14-13-22(19-28(25)44-3)30-36-29(45-38-30)21-40-15-17-41(18-16-40)23-9-5-6-10-23/h13-14,19-20,23-24,26H,4-12,15-18,21H2,1-3H3,(H,34,35,37)/t26-/m1/s1. The van der Waals surface area contributed by atoms with Crippen LogP contribution in [0.1, 0.15) is 70.6 Å². The summed E-state index contributed by atoms with van der Waals surface area (Å²) >= 11 is 0. The van der Waals surface area contributed by atoms with Crippen LogP contribution in [0.5, 0.6) is 5.75 Å². The molecule has 0 bridgehead atoms. The molecule has 1 amide bonds. The van der Waals surface area contributed by atoms with E-state index in [0.29, 0.717) is 36.0 Å². The summed E-state index contributed by atoms with van der Waals surface area (Å²) in [5.41, 5.74) is 2.28. The van der Waals surface area contributed by atoms with Crippen LogP contribution in [0.15, 0.2) is 28.9 Å². The molecule has 240 valence electrons. The van der Waals surface area contributed by atoms with Gasteiger partial charge >= 0.3 is 0 Å². The van der Waals surface area contributed by atoms with Crippen molar-refractivity contribution < 1.29 is 14.1 Å². The molecule has 3 aromatic rings. The number of rotatable bonds is 9. The highest BCUT2D eigenvalue weighted by Gasteiger charge is 2.41. The third-order valence-corrected chi connectivity index (χ3v) is 10.2. The fraction of sp³-hybridized carbons (Fsp3) is 0.606. The number of likely N-dealkylation sites (N-methyl/N-ethyl adjacent to an activating group) is 1. The van der Waals surface area contributed by atoms with E-state index in [1.165, 1.54) is 38.5 Å².